The van der Waals surface area contributed by atoms with Gasteiger partial charge >= 0.3 is 0 Å². The fraction of sp³-hybridized carbons (Fsp3) is 0.545. The topological polar surface area (TPSA) is 29.9 Å². The molecule has 1 aliphatic heterocycles. The molecule has 0 radical (unpaired) electrons. The number of thioether (sulfide) groups is 1. The molecule has 4 heteroatoms. The van der Waals surface area contributed by atoms with Crippen LogP contribution >= 0.6 is 11.8 Å². The SMILES string of the molecule is C=CCNc1nccn1C1CCCSC1. The Morgan fingerprint density at radius 2 is 2.67 bits per heavy atom. The highest BCUT2D eigenvalue weighted by Crippen LogP contribution is 2.28. The second-order valence-electron chi connectivity index (χ2n) is 3.70. The van der Waals surface area contributed by atoms with Crippen molar-refractivity contribution in [3.8, 4) is 0 Å². The Morgan fingerprint density at radius 1 is 1.73 bits per heavy atom. The Balaban J connectivity index is 2.05. The number of nitrogens with one attached hydrogen (secondary N) is 1. The van der Waals surface area contributed by atoms with Crippen molar-refractivity contribution in [1.82, 2.24) is 9.55 Å². The van der Waals surface area contributed by atoms with Crippen LogP contribution in [0.3, 0.4) is 0 Å². The van der Waals surface area contributed by atoms with Crippen molar-refractivity contribution in [2.75, 3.05) is 23.4 Å². The highest BCUT2D eigenvalue weighted by Gasteiger charge is 2.17. The maximum atomic E-state index is 4.32. The van der Waals surface area contributed by atoms with Crippen molar-refractivity contribution in [2.45, 2.75) is 18.9 Å². The predicted octanol–water partition coefficient (Wildman–Crippen LogP) is 2.55. The molecule has 1 aromatic heterocycles. The summed E-state index contributed by atoms with van der Waals surface area (Å²) in [5, 5.41) is 3.26. The summed E-state index contributed by atoms with van der Waals surface area (Å²) in [6.45, 7) is 4.47. The van der Waals surface area contributed by atoms with Crippen LogP contribution in [0.1, 0.15) is 18.9 Å². The summed E-state index contributed by atoms with van der Waals surface area (Å²) in [7, 11) is 0. The van der Waals surface area contributed by atoms with Crippen LogP contribution in [0.2, 0.25) is 0 Å². The maximum absolute atomic E-state index is 4.32. The van der Waals surface area contributed by atoms with Gasteiger partial charge in [0.05, 0.1) is 0 Å². The van der Waals surface area contributed by atoms with Gasteiger partial charge in [-0.05, 0) is 18.6 Å². The highest BCUT2D eigenvalue weighted by atomic mass is 32.2. The first-order chi connectivity index (χ1) is 7.42. The minimum atomic E-state index is 0.610. The zero-order valence-electron chi connectivity index (χ0n) is 8.85. The Labute approximate surface area is 95.0 Å². The third-order valence-electron chi connectivity index (χ3n) is 2.60. The van der Waals surface area contributed by atoms with E-state index in [0.29, 0.717) is 6.04 Å². The van der Waals surface area contributed by atoms with Crippen molar-refractivity contribution >= 4 is 17.7 Å². The van der Waals surface area contributed by atoms with Crippen LogP contribution in [0, 0.1) is 0 Å². The molecule has 0 bridgehead atoms. The summed E-state index contributed by atoms with van der Waals surface area (Å²) >= 11 is 2.04. The number of aromatic nitrogens is 2. The van der Waals surface area contributed by atoms with Gasteiger partial charge < -0.3 is 9.88 Å². The maximum Gasteiger partial charge on any atom is 0.203 e. The summed E-state index contributed by atoms with van der Waals surface area (Å²) in [5.74, 6) is 3.49. The molecular weight excluding hydrogens is 206 g/mol. The van der Waals surface area contributed by atoms with Crippen LogP contribution in [0.25, 0.3) is 0 Å². The van der Waals surface area contributed by atoms with Crippen LogP contribution in [0.15, 0.2) is 25.0 Å². The van der Waals surface area contributed by atoms with E-state index in [1.165, 1.54) is 24.3 Å². The Kier molecular flexibility index (Phi) is 3.72. The number of anilines is 1. The minimum Gasteiger partial charge on any atom is -0.352 e. The van der Waals surface area contributed by atoms with Crippen LogP contribution in [0.4, 0.5) is 5.95 Å². The van der Waals surface area contributed by atoms with Gasteiger partial charge in [-0.15, -0.1) is 6.58 Å². The largest absolute Gasteiger partial charge is 0.352 e. The van der Waals surface area contributed by atoms with E-state index in [1.54, 1.807) is 0 Å². The van der Waals surface area contributed by atoms with Crippen molar-refractivity contribution in [2.24, 2.45) is 0 Å². The van der Waals surface area contributed by atoms with Gasteiger partial charge in [0.15, 0.2) is 0 Å². The molecule has 1 N–H and O–H groups in total. The third-order valence-corrected chi connectivity index (χ3v) is 3.80. The molecule has 82 valence electrons. The first-order valence-electron chi connectivity index (χ1n) is 5.37. The second kappa shape index (κ2) is 5.26. The molecule has 1 aromatic rings. The standard InChI is InChI=1S/C11H17N3S/c1-2-5-12-11-13-6-7-14(11)10-4-3-8-15-9-10/h2,6-7,10H,1,3-5,8-9H2,(H,12,13). The number of hydrogen-bond donors (Lipinski definition) is 1. The number of nitrogens with zero attached hydrogens (tertiary/aromatic N) is 2. The zero-order valence-corrected chi connectivity index (χ0v) is 9.67. The molecule has 1 aliphatic rings. The van der Waals surface area contributed by atoms with E-state index < -0.39 is 0 Å². The van der Waals surface area contributed by atoms with Gasteiger partial charge in [-0.1, -0.05) is 6.08 Å². The average Bonchev–Trinajstić information content (AvgIpc) is 2.75. The van der Waals surface area contributed by atoms with Crippen molar-refractivity contribution in [3.05, 3.63) is 25.0 Å². The summed E-state index contributed by atoms with van der Waals surface area (Å²) in [6.07, 6.45) is 8.38. The highest BCUT2D eigenvalue weighted by molar-refractivity contribution is 7.99. The lowest BCUT2D eigenvalue weighted by Gasteiger charge is -2.24. The second-order valence-corrected chi connectivity index (χ2v) is 4.85. The van der Waals surface area contributed by atoms with Crippen LogP contribution < -0.4 is 5.32 Å². The summed E-state index contributed by atoms with van der Waals surface area (Å²) in [6, 6.07) is 0.610. The smallest absolute Gasteiger partial charge is 0.203 e. The monoisotopic (exact) mass is 223 g/mol. The molecule has 2 rings (SSSR count). The average molecular weight is 223 g/mol. The van der Waals surface area contributed by atoms with Crippen LogP contribution in [0.5, 0.6) is 0 Å². The van der Waals surface area contributed by atoms with Gasteiger partial charge in [-0.2, -0.15) is 11.8 Å². The lowest BCUT2D eigenvalue weighted by atomic mass is 10.2. The first kappa shape index (κ1) is 10.6. The van der Waals surface area contributed by atoms with Gasteiger partial charge in [0.1, 0.15) is 0 Å². The van der Waals surface area contributed by atoms with E-state index >= 15 is 0 Å². The molecule has 1 fully saturated rings. The van der Waals surface area contributed by atoms with Gasteiger partial charge in [0.2, 0.25) is 5.95 Å². The summed E-state index contributed by atoms with van der Waals surface area (Å²) in [4.78, 5) is 4.32. The molecular formula is C11H17N3S. The molecule has 3 nitrogen and oxygen atoms in total. The Hall–Kier alpha value is -0.900. The fourth-order valence-corrected chi connectivity index (χ4v) is 2.99. The van der Waals surface area contributed by atoms with Gasteiger partial charge in [-0.3, -0.25) is 0 Å². The van der Waals surface area contributed by atoms with Crippen molar-refractivity contribution in [1.29, 1.82) is 0 Å². The van der Waals surface area contributed by atoms with Gasteiger partial charge in [0, 0.05) is 30.7 Å². The molecule has 1 atom stereocenters. The fourth-order valence-electron chi connectivity index (χ4n) is 1.85. The molecule has 0 aromatic carbocycles. The first-order valence-corrected chi connectivity index (χ1v) is 6.52. The van der Waals surface area contributed by atoms with E-state index in [4.69, 9.17) is 0 Å². The summed E-state index contributed by atoms with van der Waals surface area (Å²) in [5.41, 5.74) is 0. The number of rotatable bonds is 4. The quantitative estimate of drug-likeness (QED) is 0.796. The summed E-state index contributed by atoms with van der Waals surface area (Å²) < 4.78 is 2.26. The molecule has 2 heterocycles. The third kappa shape index (κ3) is 2.56. The molecule has 0 aliphatic carbocycles. The lowest BCUT2D eigenvalue weighted by Crippen LogP contribution is -2.18. The molecule has 0 saturated carbocycles. The number of hydrogen-bond acceptors (Lipinski definition) is 3. The lowest BCUT2D eigenvalue weighted by molar-refractivity contribution is 0.504. The van der Waals surface area contributed by atoms with E-state index in [0.717, 1.165) is 12.5 Å². The van der Waals surface area contributed by atoms with Crippen LogP contribution in [-0.2, 0) is 0 Å². The Bertz CT molecular complexity index is 315. The molecule has 0 spiro atoms. The van der Waals surface area contributed by atoms with E-state index in [-0.39, 0.29) is 0 Å². The van der Waals surface area contributed by atoms with Crippen molar-refractivity contribution < 1.29 is 0 Å². The Morgan fingerprint density at radius 3 is 3.40 bits per heavy atom. The molecule has 1 unspecified atom stereocenters. The van der Waals surface area contributed by atoms with E-state index in [1.807, 2.05) is 24.0 Å². The van der Waals surface area contributed by atoms with Gasteiger partial charge in [0.25, 0.3) is 0 Å². The molecule has 15 heavy (non-hydrogen) atoms. The van der Waals surface area contributed by atoms with E-state index in [9.17, 15) is 0 Å². The van der Waals surface area contributed by atoms with Crippen molar-refractivity contribution in [3.63, 3.8) is 0 Å². The van der Waals surface area contributed by atoms with E-state index in [2.05, 4.69) is 27.6 Å². The zero-order chi connectivity index (χ0) is 10.5. The molecule has 1 saturated heterocycles. The normalized spacial score (nSPS) is 21.2. The van der Waals surface area contributed by atoms with Gasteiger partial charge in [-0.25, -0.2) is 4.98 Å². The minimum absolute atomic E-state index is 0.610. The predicted molar refractivity (Wildman–Crippen MR) is 66.5 cm³/mol. The van der Waals surface area contributed by atoms with Crippen LogP contribution in [-0.4, -0.2) is 27.6 Å². The number of imidazole rings is 1. The molecule has 0 amide bonds.